The van der Waals surface area contributed by atoms with Gasteiger partial charge in [-0.2, -0.15) is 0 Å². The van der Waals surface area contributed by atoms with Crippen molar-refractivity contribution in [2.75, 3.05) is 6.54 Å². The molecule has 0 bridgehead atoms. The quantitative estimate of drug-likeness (QED) is 0.777. The van der Waals surface area contributed by atoms with Gasteiger partial charge < -0.3 is 5.32 Å². The molecule has 3 atom stereocenters. The molecule has 2 aliphatic rings. The van der Waals surface area contributed by atoms with Crippen LogP contribution in [0, 0.1) is 11.8 Å². The average molecular weight is 228 g/mol. The Morgan fingerprint density at radius 2 is 2.07 bits per heavy atom. The molecule has 3 rings (SSSR count). The highest BCUT2D eigenvalue weighted by Gasteiger charge is 2.48. The van der Waals surface area contributed by atoms with Gasteiger partial charge in [-0.1, -0.05) is 29.3 Å². The first-order valence-corrected chi connectivity index (χ1v) is 5.69. The molecule has 74 valence electrons. The number of hydrogen-bond acceptors (Lipinski definition) is 1. The van der Waals surface area contributed by atoms with Crippen LogP contribution in [-0.4, -0.2) is 6.54 Å². The smallest absolute Gasteiger partial charge is 0.0595 e. The van der Waals surface area contributed by atoms with Crippen molar-refractivity contribution in [3.8, 4) is 0 Å². The summed E-state index contributed by atoms with van der Waals surface area (Å²) in [6.45, 7) is 1.16. The molecule has 14 heavy (non-hydrogen) atoms. The molecule has 0 radical (unpaired) electrons. The van der Waals surface area contributed by atoms with Crippen LogP contribution in [0.5, 0.6) is 0 Å². The molecule has 0 spiro atoms. The van der Waals surface area contributed by atoms with Gasteiger partial charge >= 0.3 is 0 Å². The van der Waals surface area contributed by atoms with Gasteiger partial charge in [0.25, 0.3) is 0 Å². The van der Waals surface area contributed by atoms with Crippen LogP contribution in [0.3, 0.4) is 0 Å². The number of fused-ring (bicyclic) bond motifs is 1. The van der Waals surface area contributed by atoms with Crippen LogP contribution in [0.4, 0.5) is 0 Å². The van der Waals surface area contributed by atoms with Crippen molar-refractivity contribution in [3.63, 3.8) is 0 Å². The molecular weight excluding hydrogens is 217 g/mol. The molecule has 1 saturated carbocycles. The van der Waals surface area contributed by atoms with Gasteiger partial charge in [-0.3, -0.25) is 0 Å². The van der Waals surface area contributed by atoms with E-state index in [0.29, 0.717) is 16.1 Å². The summed E-state index contributed by atoms with van der Waals surface area (Å²) in [7, 11) is 0. The summed E-state index contributed by atoms with van der Waals surface area (Å²) in [5, 5.41) is 4.82. The third kappa shape index (κ3) is 1.35. The van der Waals surface area contributed by atoms with Crippen molar-refractivity contribution in [3.05, 3.63) is 33.8 Å². The van der Waals surface area contributed by atoms with Gasteiger partial charge in [-0.05, 0) is 42.5 Å². The molecule has 1 aromatic rings. The van der Waals surface area contributed by atoms with E-state index in [4.69, 9.17) is 23.2 Å². The molecule has 1 N–H and O–H groups in total. The number of rotatable bonds is 1. The molecule has 1 saturated heterocycles. The number of hydrogen-bond donors (Lipinski definition) is 1. The molecular formula is C11H11Cl2N. The van der Waals surface area contributed by atoms with E-state index in [0.717, 1.165) is 18.4 Å². The minimum Gasteiger partial charge on any atom is -0.309 e. The average Bonchev–Trinajstić information content (AvgIpc) is 2.84. The van der Waals surface area contributed by atoms with Crippen molar-refractivity contribution >= 4 is 23.2 Å². The molecule has 1 aliphatic carbocycles. The summed E-state index contributed by atoms with van der Waals surface area (Å²) in [5.41, 5.74) is 1.28. The van der Waals surface area contributed by atoms with Crippen molar-refractivity contribution in [1.82, 2.24) is 5.32 Å². The predicted octanol–water partition coefficient (Wildman–Crippen LogP) is 3.27. The van der Waals surface area contributed by atoms with Crippen molar-refractivity contribution in [1.29, 1.82) is 0 Å². The maximum Gasteiger partial charge on any atom is 0.0595 e. The van der Waals surface area contributed by atoms with E-state index >= 15 is 0 Å². The summed E-state index contributed by atoms with van der Waals surface area (Å²) in [6.07, 6.45) is 1.37. The zero-order valence-corrected chi connectivity index (χ0v) is 9.15. The predicted molar refractivity (Wildman–Crippen MR) is 58.8 cm³/mol. The molecule has 1 aliphatic heterocycles. The third-order valence-corrected chi connectivity index (χ3v) is 4.05. The van der Waals surface area contributed by atoms with Gasteiger partial charge in [-0.15, -0.1) is 0 Å². The molecule has 3 heteroatoms. The van der Waals surface area contributed by atoms with E-state index in [2.05, 4.69) is 11.4 Å². The highest BCUT2D eigenvalue weighted by molar-refractivity contribution is 6.42. The Kier molecular flexibility index (Phi) is 2.01. The second-order valence-electron chi connectivity index (χ2n) is 4.22. The molecule has 0 aromatic heterocycles. The minimum absolute atomic E-state index is 0.509. The fraction of sp³-hybridized carbons (Fsp3) is 0.455. The van der Waals surface area contributed by atoms with Crippen LogP contribution in [0.15, 0.2) is 18.2 Å². The van der Waals surface area contributed by atoms with Gasteiger partial charge in [-0.25, -0.2) is 0 Å². The monoisotopic (exact) mass is 227 g/mol. The Morgan fingerprint density at radius 1 is 1.21 bits per heavy atom. The summed E-state index contributed by atoms with van der Waals surface area (Å²) in [5.74, 6) is 1.75. The summed E-state index contributed by atoms with van der Waals surface area (Å²) >= 11 is 11.9. The molecule has 1 aromatic carbocycles. The van der Waals surface area contributed by atoms with E-state index in [-0.39, 0.29) is 0 Å². The lowest BCUT2D eigenvalue weighted by Gasteiger charge is -2.14. The molecule has 1 heterocycles. The van der Waals surface area contributed by atoms with E-state index in [1.165, 1.54) is 12.0 Å². The number of nitrogens with one attached hydrogen (secondary N) is 1. The van der Waals surface area contributed by atoms with Gasteiger partial charge in [0, 0.05) is 6.04 Å². The maximum absolute atomic E-state index is 5.99. The molecule has 1 nitrogen and oxygen atoms in total. The standard InChI is InChI=1S/C11H11Cl2N/c12-9-2-1-6(4-10(9)13)11-8-3-7(8)5-14-11/h1-2,4,7-8,11,14H,3,5H2. The first-order chi connectivity index (χ1) is 6.75. The van der Waals surface area contributed by atoms with Crippen LogP contribution in [0.1, 0.15) is 18.0 Å². The Labute approximate surface area is 93.4 Å². The van der Waals surface area contributed by atoms with Gasteiger partial charge in [0.2, 0.25) is 0 Å². The third-order valence-electron chi connectivity index (χ3n) is 3.31. The Bertz CT molecular complexity index is 378. The van der Waals surface area contributed by atoms with Crippen molar-refractivity contribution in [2.24, 2.45) is 11.8 Å². The number of piperidine rings is 1. The van der Waals surface area contributed by atoms with Crippen LogP contribution in [0.2, 0.25) is 10.0 Å². The lowest BCUT2D eigenvalue weighted by molar-refractivity contribution is 0.563. The highest BCUT2D eigenvalue weighted by Crippen LogP contribution is 2.51. The minimum atomic E-state index is 0.509. The number of halogens is 2. The SMILES string of the molecule is Clc1ccc(C2NCC3CC32)cc1Cl. The lowest BCUT2D eigenvalue weighted by Crippen LogP contribution is -2.17. The molecule has 3 unspecified atom stereocenters. The van der Waals surface area contributed by atoms with Gasteiger partial charge in [0.05, 0.1) is 10.0 Å². The second-order valence-corrected chi connectivity index (χ2v) is 5.03. The topological polar surface area (TPSA) is 12.0 Å². The van der Waals surface area contributed by atoms with Crippen molar-refractivity contribution in [2.45, 2.75) is 12.5 Å². The fourth-order valence-corrected chi connectivity index (χ4v) is 2.72. The van der Waals surface area contributed by atoms with E-state index < -0.39 is 0 Å². The Morgan fingerprint density at radius 3 is 2.64 bits per heavy atom. The van der Waals surface area contributed by atoms with Crippen LogP contribution < -0.4 is 5.32 Å². The van der Waals surface area contributed by atoms with E-state index in [1.807, 2.05) is 12.1 Å². The zero-order chi connectivity index (χ0) is 9.71. The molecule has 2 fully saturated rings. The zero-order valence-electron chi connectivity index (χ0n) is 7.63. The largest absolute Gasteiger partial charge is 0.309 e. The summed E-state index contributed by atoms with van der Waals surface area (Å²) < 4.78 is 0. The van der Waals surface area contributed by atoms with Crippen LogP contribution in [0.25, 0.3) is 0 Å². The van der Waals surface area contributed by atoms with Crippen LogP contribution >= 0.6 is 23.2 Å². The first kappa shape index (κ1) is 9.02. The Balaban J connectivity index is 1.92. The van der Waals surface area contributed by atoms with E-state index in [9.17, 15) is 0 Å². The first-order valence-electron chi connectivity index (χ1n) is 4.94. The van der Waals surface area contributed by atoms with Gasteiger partial charge in [0.1, 0.15) is 0 Å². The number of benzene rings is 1. The summed E-state index contributed by atoms with van der Waals surface area (Å²) in [4.78, 5) is 0. The van der Waals surface area contributed by atoms with Crippen molar-refractivity contribution < 1.29 is 0 Å². The normalized spacial score (nSPS) is 34.3. The molecule has 0 amide bonds. The highest BCUT2D eigenvalue weighted by atomic mass is 35.5. The second kappa shape index (κ2) is 3.13. The van der Waals surface area contributed by atoms with Gasteiger partial charge in [0.15, 0.2) is 0 Å². The summed E-state index contributed by atoms with van der Waals surface area (Å²) in [6, 6.07) is 6.46. The lowest BCUT2D eigenvalue weighted by atomic mass is 10.0. The van der Waals surface area contributed by atoms with Crippen LogP contribution in [-0.2, 0) is 0 Å². The van der Waals surface area contributed by atoms with E-state index in [1.54, 1.807) is 0 Å². The Hall–Kier alpha value is -0.240. The maximum atomic E-state index is 5.99. The fourth-order valence-electron chi connectivity index (χ4n) is 2.41.